The first-order chi connectivity index (χ1) is 10.3. The summed E-state index contributed by atoms with van der Waals surface area (Å²) in [7, 11) is 1.92. The zero-order valence-electron chi connectivity index (χ0n) is 12.1. The van der Waals surface area contributed by atoms with Crippen molar-refractivity contribution < 1.29 is 4.79 Å². The van der Waals surface area contributed by atoms with Gasteiger partial charge in [0.2, 0.25) is 0 Å². The Morgan fingerprint density at radius 2 is 2.00 bits per heavy atom. The number of rotatable bonds is 3. The van der Waals surface area contributed by atoms with Crippen LogP contribution >= 0.6 is 11.3 Å². The first-order valence-corrected chi connectivity index (χ1v) is 8.10. The van der Waals surface area contributed by atoms with Crippen LogP contribution in [-0.4, -0.2) is 42.0 Å². The molecule has 4 nitrogen and oxygen atoms in total. The molecule has 1 aliphatic heterocycles. The quantitative estimate of drug-likeness (QED) is 0.874. The summed E-state index contributed by atoms with van der Waals surface area (Å²) in [6, 6.07) is 9.82. The van der Waals surface area contributed by atoms with Gasteiger partial charge in [-0.1, -0.05) is 18.2 Å². The van der Waals surface area contributed by atoms with E-state index in [2.05, 4.69) is 9.88 Å². The van der Waals surface area contributed by atoms with E-state index in [0.29, 0.717) is 6.04 Å². The van der Waals surface area contributed by atoms with E-state index in [1.165, 1.54) is 0 Å². The van der Waals surface area contributed by atoms with E-state index < -0.39 is 0 Å². The summed E-state index contributed by atoms with van der Waals surface area (Å²) in [6.45, 7) is 1.93. The second kappa shape index (κ2) is 6.26. The van der Waals surface area contributed by atoms with E-state index in [4.69, 9.17) is 0 Å². The van der Waals surface area contributed by atoms with Crippen LogP contribution in [0.25, 0.3) is 0 Å². The summed E-state index contributed by atoms with van der Waals surface area (Å²) in [5, 5.41) is 3.09. The lowest BCUT2D eigenvalue weighted by Crippen LogP contribution is -2.45. The topological polar surface area (TPSA) is 36.4 Å². The smallest absolute Gasteiger partial charge is 0.253 e. The minimum atomic E-state index is 0.114. The fourth-order valence-corrected chi connectivity index (χ4v) is 3.46. The minimum Gasteiger partial charge on any atom is -0.348 e. The lowest BCUT2D eigenvalue weighted by atomic mass is 10.0. The Balaban J connectivity index is 1.60. The highest BCUT2D eigenvalue weighted by Gasteiger charge is 2.26. The number of carbonyl (C=O) groups is 1. The van der Waals surface area contributed by atoms with E-state index in [1.807, 2.05) is 53.9 Å². The van der Waals surface area contributed by atoms with Crippen LogP contribution in [0.3, 0.4) is 0 Å². The lowest BCUT2D eigenvalue weighted by Gasteiger charge is -2.36. The summed E-state index contributed by atoms with van der Waals surface area (Å²) in [6.07, 6.45) is 3.83. The Bertz CT molecular complexity index is 577. The number of benzene rings is 1. The molecule has 1 amide bonds. The number of hydrogen-bond acceptors (Lipinski definition) is 4. The van der Waals surface area contributed by atoms with E-state index in [0.717, 1.165) is 36.6 Å². The van der Waals surface area contributed by atoms with E-state index in [1.54, 1.807) is 11.3 Å². The van der Waals surface area contributed by atoms with Gasteiger partial charge in [0.25, 0.3) is 5.91 Å². The van der Waals surface area contributed by atoms with Gasteiger partial charge in [0.05, 0.1) is 0 Å². The molecule has 0 N–H and O–H groups in total. The van der Waals surface area contributed by atoms with Crippen molar-refractivity contribution in [3.63, 3.8) is 0 Å². The molecule has 0 aliphatic carbocycles. The maximum absolute atomic E-state index is 12.5. The molecule has 110 valence electrons. The molecule has 0 unspecified atom stereocenters. The number of amides is 1. The highest BCUT2D eigenvalue weighted by atomic mass is 32.1. The van der Waals surface area contributed by atoms with Crippen molar-refractivity contribution >= 4 is 22.4 Å². The average Bonchev–Trinajstić information content (AvgIpc) is 3.09. The van der Waals surface area contributed by atoms with Crippen LogP contribution < -0.4 is 4.90 Å². The first kappa shape index (κ1) is 14.1. The maximum atomic E-state index is 12.5. The number of carbonyl (C=O) groups excluding carboxylic acids is 1. The SMILES string of the molecule is CN(C(=O)c1ccccc1)C1CCN(c2nccs2)CC1. The van der Waals surface area contributed by atoms with E-state index in [-0.39, 0.29) is 5.91 Å². The lowest BCUT2D eigenvalue weighted by molar-refractivity contribution is 0.0709. The summed E-state index contributed by atoms with van der Waals surface area (Å²) in [5.41, 5.74) is 0.766. The number of anilines is 1. The van der Waals surface area contributed by atoms with Gasteiger partial charge in [0, 0.05) is 43.3 Å². The fourth-order valence-electron chi connectivity index (χ4n) is 2.77. The van der Waals surface area contributed by atoms with Crippen LogP contribution in [0.4, 0.5) is 5.13 Å². The molecule has 5 heteroatoms. The molecule has 21 heavy (non-hydrogen) atoms. The fraction of sp³-hybridized carbons (Fsp3) is 0.375. The van der Waals surface area contributed by atoms with Gasteiger partial charge in [0.1, 0.15) is 0 Å². The Labute approximate surface area is 129 Å². The van der Waals surface area contributed by atoms with Crippen LogP contribution in [0.15, 0.2) is 41.9 Å². The highest BCUT2D eigenvalue weighted by Crippen LogP contribution is 2.24. The molecule has 1 aromatic heterocycles. The third kappa shape index (κ3) is 3.08. The molecule has 0 radical (unpaired) electrons. The third-order valence-corrected chi connectivity index (χ3v) is 4.88. The summed E-state index contributed by atoms with van der Waals surface area (Å²) in [4.78, 5) is 21.0. The van der Waals surface area contributed by atoms with Gasteiger partial charge in [-0.3, -0.25) is 4.79 Å². The van der Waals surface area contributed by atoms with Crippen molar-refractivity contribution in [3.05, 3.63) is 47.5 Å². The Morgan fingerprint density at radius 1 is 1.29 bits per heavy atom. The predicted octanol–water partition coefficient (Wildman–Crippen LogP) is 2.88. The number of piperidine rings is 1. The summed E-state index contributed by atoms with van der Waals surface area (Å²) >= 11 is 1.68. The molecule has 0 atom stereocenters. The molecule has 1 saturated heterocycles. The largest absolute Gasteiger partial charge is 0.348 e. The van der Waals surface area contributed by atoms with Gasteiger partial charge >= 0.3 is 0 Å². The second-order valence-corrected chi connectivity index (χ2v) is 6.19. The molecular weight excluding hydrogens is 282 g/mol. The Hall–Kier alpha value is -1.88. The third-order valence-electron chi connectivity index (χ3n) is 4.04. The Kier molecular flexibility index (Phi) is 4.20. The van der Waals surface area contributed by atoms with Crippen LogP contribution in [0.1, 0.15) is 23.2 Å². The van der Waals surface area contributed by atoms with Crippen molar-refractivity contribution in [2.75, 3.05) is 25.0 Å². The van der Waals surface area contributed by atoms with Crippen molar-refractivity contribution in [1.29, 1.82) is 0 Å². The monoisotopic (exact) mass is 301 g/mol. The van der Waals surface area contributed by atoms with Gasteiger partial charge in [-0.15, -0.1) is 11.3 Å². The molecule has 0 spiro atoms. The maximum Gasteiger partial charge on any atom is 0.253 e. The number of thiazole rings is 1. The molecule has 2 heterocycles. The van der Waals surface area contributed by atoms with E-state index in [9.17, 15) is 4.79 Å². The second-order valence-electron chi connectivity index (χ2n) is 5.31. The average molecular weight is 301 g/mol. The summed E-state index contributed by atoms with van der Waals surface area (Å²) in [5.74, 6) is 0.114. The standard InChI is InChI=1S/C16H19N3OS/c1-18(15(20)13-5-3-2-4-6-13)14-7-10-19(11-8-14)16-17-9-12-21-16/h2-6,9,12,14H,7-8,10-11H2,1H3. The van der Waals surface area contributed by atoms with Crippen molar-refractivity contribution in [1.82, 2.24) is 9.88 Å². The van der Waals surface area contributed by atoms with Crippen molar-refractivity contribution in [3.8, 4) is 0 Å². The minimum absolute atomic E-state index is 0.114. The predicted molar refractivity (Wildman–Crippen MR) is 85.9 cm³/mol. The van der Waals surface area contributed by atoms with Crippen molar-refractivity contribution in [2.45, 2.75) is 18.9 Å². The van der Waals surface area contributed by atoms with Crippen molar-refractivity contribution in [2.24, 2.45) is 0 Å². The first-order valence-electron chi connectivity index (χ1n) is 7.22. The van der Waals surface area contributed by atoms with E-state index >= 15 is 0 Å². The molecule has 1 fully saturated rings. The van der Waals surface area contributed by atoms with Crippen LogP contribution in [-0.2, 0) is 0 Å². The zero-order chi connectivity index (χ0) is 14.7. The molecular formula is C16H19N3OS. The van der Waals surface area contributed by atoms with Crippen LogP contribution in [0.2, 0.25) is 0 Å². The van der Waals surface area contributed by atoms with Gasteiger partial charge < -0.3 is 9.80 Å². The molecule has 3 rings (SSSR count). The molecule has 0 saturated carbocycles. The molecule has 1 aromatic carbocycles. The van der Waals surface area contributed by atoms with Gasteiger partial charge in [-0.25, -0.2) is 4.98 Å². The van der Waals surface area contributed by atoms with Gasteiger partial charge in [0.15, 0.2) is 5.13 Å². The van der Waals surface area contributed by atoms with Crippen LogP contribution in [0, 0.1) is 0 Å². The molecule has 2 aromatic rings. The molecule has 0 bridgehead atoms. The number of nitrogens with zero attached hydrogens (tertiary/aromatic N) is 3. The highest BCUT2D eigenvalue weighted by molar-refractivity contribution is 7.13. The zero-order valence-corrected chi connectivity index (χ0v) is 12.9. The summed E-state index contributed by atoms with van der Waals surface area (Å²) < 4.78 is 0. The number of aromatic nitrogens is 1. The normalized spacial score (nSPS) is 16.0. The van der Waals surface area contributed by atoms with Crippen LogP contribution in [0.5, 0.6) is 0 Å². The van der Waals surface area contributed by atoms with Gasteiger partial charge in [-0.2, -0.15) is 0 Å². The Morgan fingerprint density at radius 3 is 2.62 bits per heavy atom. The molecule has 1 aliphatic rings. The van der Waals surface area contributed by atoms with Gasteiger partial charge in [-0.05, 0) is 25.0 Å². The number of hydrogen-bond donors (Lipinski definition) is 0.